The molecule has 1 N–H and O–H groups in total. The van der Waals surface area contributed by atoms with E-state index >= 15 is 0 Å². The average molecular weight is 398 g/mol. The first-order valence-corrected chi connectivity index (χ1v) is 9.47. The summed E-state index contributed by atoms with van der Waals surface area (Å²) in [6.45, 7) is 7.84. The molecule has 1 atom stereocenters. The molecule has 0 aromatic heterocycles. The molecule has 1 aromatic carbocycles. The number of hydrogen-bond acceptors (Lipinski definition) is 3. The fraction of sp³-hybridized carbons (Fsp3) is 0.600. The number of nitrogens with zero attached hydrogens (tertiary/aromatic N) is 2. The van der Waals surface area contributed by atoms with Gasteiger partial charge in [-0.1, -0.05) is 6.92 Å². The van der Waals surface area contributed by atoms with Crippen LogP contribution < -0.4 is 4.74 Å². The zero-order valence-electron chi connectivity index (χ0n) is 16.7. The third-order valence-electron chi connectivity index (χ3n) is 4.85. The van der Waals surface area contributed by atoms with Gasteiger partial charge in [0.2, 0.25) is 5.91 Å². The Morgan fingerprint density at radius 1 is 1.29 bits per heavy atom. The minimum absolute atomic E-state index is 0.0117. The fourth-order valence-corrected chi connectivity index (χ4v) is 3.51. The van der Waals surface area contributed by atoms with E-state index in [1.807, 2.05) is 0 Å². The van der Waals surface area contributed by atoms with E-state index in [9.17, 15) is 23.5 Å². The number of ether oxygens (including phenoxy) is 1. The van der Waals surface area contributed by atoms with Gasteiger partial charge < -0.3 is 14.7 Å². The maximum atomic E-state index is 13.7. The van der Waals surface area contributed by atoms with Crippen molar-refractivity contribution in [2.75, 3.05) is 13.1 Å². The molecule has 156 valence electrons. The lowest BCUT2D eigenvalue weighted by Gasteiger charge is -2.41. The SMILES string of the molecule is CC[C@@H](C(=O)N1CCC(Oc2ccc(F)cc2F)CC1)N(C(=O)O)C(C)(C)C. The highest BCUT2D eigenvalue weighted by Crippen LogP contribution is 2.25. The maximum absolute atomic E-state index is 13.7. The van der Waals surface area contributed by atoms with Crippen molar-refractivity contribution < 1.29 is 28.2 Å². The fourth-order valence-electron chi connectivity index (χ4n) is 3.51. The maximum Gasteiger partial charge on any atom is 0.408 e. The van der Waals surface area contributed by atoms with Gasteiger partial charge in [-0.2, -0.15) is 0 Å². The summed E-state index contributed by atoms with van der Waals surface area (Å²) in [5.74, 6) is -1.67. The van der Waals surface area contributed by atoms with Crippen molar-refractivity contribution >= 4 is 12.0 Å². The third kappa shape index (κ3) is 5.11. The largest absolute Gasteiger partial charge is 0.487 e. The van der Waals surface area contributed by atoms with Crippen LogP contribution in [0.5, 0.6) is 5.75 Å². The molecule has 0 unspecified atom stereocenters. The Morgan fingerprint density at radius 2 is 1.89 bits per heavy atom. The summed E-state index contributed by atoms with van der Waals surface area (Å²) in [7, 11) is 0. The zero-order valence-corrected chi connectivity index (χ0v) is 16.7. The average Bonchev–Trinajstić information content (AvgIpc) is 2.60. The van der Waals surface area contributed by atoms with Gasteiger partial charge in [-0.15, -0.1) is 0 Å². The van der Waals surface area contributed by atoms with Crippen molar-refractivity contribution in [2.45, 2.75) is 64.6 Å². The van der Waals surface area contributed by atoms with Crippen molar-refractivity contribution in [1.29, 1.82) is 0 Å². The number of piperidine rings is 1. The molecule has 0 aliphatic carbocycles. The van der Waals surface area contributed by atoms with Crippen molar-refractivity contribution in [3.8, 4) is 5.75 Å². The summed E-state index contributed by atoms with van der Waals surface area (Å²) in [6.07, 6.45) is -0.0667. The van der Waals surface area contributed by atoms with Crippen molar-refractivity contribution in [2.24, 2.45) is 0 Å². The van der Waals surface area contributed by atoms with E-state index in [1.54, 1.807) is 32.6 Å². The molecule has 2 rings (SSSR count). The molecule has 6 nitrogen and oxygen atoms in total. The van der Waals surface area contributed by atoms with E-state index in [4.69, 9.17) is 4.74 Å². The molecular weight excluding hydrogens is 370 g/mol. The Morgan fingerprint density at radius 3 is 2.36 bits per heavy atom. The number of halogens is 2. The Labute approximate surface area is 164 Å². The van der Waals surface area contributed by atoms with Gasteiger partial charge in [0.1, 0.15) is 18.0 Å². The van der Waals surface area contributed by atoms with E-state index in [-0.39, 0.29) is 17.8 Å². The predicted octanol–water partition coefficient (Wildman–Crippen LogP) is 3.89. The van der Waals surface area contributed by atoms with Gasteiger partial charge in [-0.3, -0.25) is 9.69 Å². The number of benzene rings is 1. The second-order valence-electron chi connectivity index (χ2n) is 7.96. The van der Waals surface area contributed by atoms with E-state index in [1.165, 1.54) is 11.0 Å². The Balaban J connectivity index is 2.01. The molecule has 28 heavy (non-hydrogen) atoms. The summed E-state index contributed by atoms with van der Waals surface area (Å²) in [5.41, 5.74) is -0.705. The van der Waals surface area contributed by atoms with E-state index < -0.39 is 29.3 Å². The van der Waals surface area contributed by atoms with Gasteiger partial charge in [0.25, 0.3) is 0 Å². The number of carbonyl (C=O) groups is 2. The standard InChI is InChI=1S/C20H28F2N2O4/c1-5-16(24(19(26)27)20(2,3)4)18(25)23-10-8-14(9-11-23)28-17-7-6-13(21)12-15(17)22/h6-7,12,14,16H,5,8-11H2,1-4H3,(H,26,27)/t16-/m0/s1. The van der Waals surface area contributed by atoms with Gasteiger partial charge in [0.15, 0.2) is 11.6 Å². The summed E-state index contributed by atoms with van der Waals surface area (Å²) >= 11 is 0. The van der Waals surface area contributed by atoms with Gasteiger partial charge in [-0.25, -0.2) is 13.6 Å². The molecule has 0 radical (unpaired) electrons. The molecule has 1 aromatic rings. The molecule has 0 saturated carbocycles. The zero-order chi connectivity index (χ0) is 21.1. The van der Waals surface area contributed by atoms with Crippen LogP contribution >= 0.6 is 0 Å². The molecule has 0 spiro atoms. The highest BCUT2D eigenvalue weighted by atomic mass is 19.1. The topological polar surface area (TPSA) is 70.1 Å². The number of rotatable bonds is 5. The van der Waals surface area contributed by atoms with Crippen molar-refractivity contribution in [3.63, 3.8) is 0 Å². The molecule has 1 saturated heterocycles. The van der Waals surface area contributed by atoms with E-state index in [2.05, 4.69) is 0 Å². The Bertz CT molecular complexity index is 713. The highest BCUT2D eigenvalue weighted by Gasteiger charge is 2.39. The third-order valence-corrected chi connectivity index (χ3v) is 4.85. The van der Waals surface area contributed by atoms with Crippen molar-refractivity contribution in [3.05, 3.63) is 29.8 Å². The van der Waals surface area contributed by atoms with Crippen LogP contribution in [0.1, 0.15) is 47.0 Å². The van der Waals surface area contributed by atoms with E-state index in [0.29, 0.717) is 32.4 Å². The molecule has 0 bridgehead atoms. The van der Waals surface area contributed by atoms with Crippen LogP contribution in [0.25, 0.3) is 0 Å². The van der Waals surface area contributed by atoms with Crippen LogP contribution in [-0.2, 0) is 4.79 Å². The van der Waals surface area contributed by atoms with Crippen LogP contribution in [0.2, 0.25) is 0 Å². The Hall–Kier alpha value is -2.38. The first-order chi connectivity index (χ1) is 13.0. The molecule has 1 heterocycles. The van der Waals surface area contributed by atoms with Crippen LogP contribution in [0.15, 0.2) is 18.2 Å². The summed E-state index contributed by atoms with van der Waals surface area (Å²) in [5, 5.41) is 9.58. The summed E-state index contributed by atoms with van der Waals surface area (Å²) in [6, 6.07) is 2.40. The van der Waals surface area contributed by atoms with Crippen LogP contribution in [0, 0.1) is 11.6 Å². The second-order valence-corrected chi connectivity index (χ2v) is 7.96. The minimum Gasteiger partial charge on any atom is -0.487 e. The lowest BCUT2D eigenvalue weighted by atomic mass is 10.00. The smallest absolute Gasteiger partial charge is 0.408 e. The number of carboxylic acid groups (broad SMARTS) is 1. The number of carbonyl (C=O) groups excluding carboxylic acids is 1. The quantitative estimate of drug-likeness (QED) is 0.817. The number of amides is 2. The van der Waals surface area contributed by atoms with Gasteiger partial charge in [0, 0.05) is 37.5 Å². The lowest BCUT2D eigenvalue weighted by molar-refractivity contribution is -0.140. The second kappa shape index (κ2) is 8.75. The first-order valence-electron chi connectivity index (χ1n) is 9.47. The molecule has 1 aliphatic rings. The Kier molecular flexibility index (Phi) is 6.85. The van der Waals surface area contributed by atoms with Gasteiger partial charge >= 0.3 is 6.09 Å². The molecule has 1 fully saturated rings. The number of hydrogen-bond donors (Lipinski definition) is 1. The van der Waals surface area contributed by atoms with E-state index in [0.717, 1.165) is 12.1 Å². The van der Waals surface area contributed by atoms with Gasteiger partial charge in [0.05, 0.1) is 0 Å². The minimum atomic E-state index is -1.13. The van der Waals surface area contributed by atoms with Gasteiger partial charge in [-0.05, 0) is 39.3 Å². The van der Waals surface area contributed by atoms with Crippen LogP contribution in [0.3, 0.4) is 0 Å². The molecular formula is C20H28F2N2O4. The van der Waals surface area contributed by atoms with Crippen molar-refractivity contribution in [1.82, 2.24) is 9.80 Å². The summed E-state index contributed by atoms with van der Waals surface area (Å²) < 4.78 is 32.4. The van der Waals surface area contributed by atoms with Crippen LogP contribution in [-0.4, -0.2) is 57.7 Å². The number of likely N-dealkylation sites (tertiary alicyclic amines) is 1. The normalized spacial score (nSPS) is 16.6. The molecule has 2 amide bonds. The highest BCUT2D eigenvalue weighted by molar-refractivity contribution is 5.85. The molecule has 8 heteroatoms. The molecule has 1 aliphatic heterocycles. The summed E-state index contributed by atoms with van der Waals surface area (Å²) in [4.78, 5) is 27.5. The monoisotopic (exact) mass is 398 g/mol. The predicted molar refractivity (Wildman–Crippen MR) is 100 cm³/mol. The lowest BCUT2D eigenvalue weighted by Crippen LogP contribution is -2.58. The van der Waals surface area contributed by atoms with Crippen LogP contribution in [0.4, 0.5) is 13.6 Å². The first kappa shape index (κ1) is 21.9.